The molecule has 11 nitrogen and oxygen atoms in total. The van der Waals surface area contributed by atoms with Crippen LogP contribution >= 0.6 is 0 Å². The summed E-state index contributed by atoms with van der Waals surface area (Å²) in [5, 5.41) is 14.6. The Bertz CT molecular complexity index is 1380. The third-order valence-corrected chi connectivity index (χ3v) is 7.70. The van der Waals surface area contributed by atoms with Crippen LogP contribution in [0.5, 0.6) is 0 Å². The zero-order valence-corrected chi connectivity index (χ0v) is 25.4. The van der Waals surface area contributed by atoms with Gasteiger partial charge in [0.05, 0.1) is 19.1 Å². The molecule has 238 valence electrons. The van der Waals surface area contributed by atoms with Gasteiger partial charge in [-0.3, -0.25) is 19.3 Å². The standard InChI is InChI=1S/C34H43N7O4/c35-18-10-17-28(33(44)37-20-26-13-6-2-7-14-26)39-32(43)24-41-23-31(42)36-22-30(41)29(19-25-11-4-1-5-12-25)40-34(45)38-21-27-15-8-3-9-16-27/h1-9,11-16,28-30H,10,17-24,35H2,(H,36,42)(H,37,44)(H,39,43)(H2,38,40,45)/t28-,29-,30-/m0/s1. The summed E-state index contributed by atoms with van der Waals surface area (Å²) in [6.45, 7) is 1.17. The van der Waals surface area contributed by atoms with Gasteiger partial charge in [-0.15, -0.1) is 0 Å². The highest BCUT2D eigenvalue weighted by Gasteiger charge is 2.35. The molecule has 1 aliphatic rings. The van der Waals surface area contributed by atoms with Crippen molar-refractivity contribution in [3.63, 3.8) is 0 Å². The largest absolute Gasteiger partial charge is 0.353 e. The van der Waals surface area contributed by atoms with Crippen LogP contribution in [0.25, 0.3) is 0 Å². The quantitative estimate of drug-likeness (QED) is 0.152. The zero-order valence-electron chi connectivity index (χ0n) is 25.4. The number of nitrogens with zero attached hydrogens (tertiary/aromatic N) is 1. The number of hydrogen-bond acceptors (Lipinski definition) is 6. The van der Waals surface area contributed by atoms with Crippen LogP contribution in [0.2, 0.25) is 0 Å². The van der Waals surface area contributed by atoms with E-state index in [1.165, 1.54) is 0 Å². The number of rotatable bonds is 15. The van der Waals surface area contributed by atoms with E-state index < -0.39 is 18.0 Å². The Kier molecular flexibility index (Phi) is 12.9. The number of nitrogens with two attached hydrogens (primary N) is 1. The van der Waals surface area contributed by atoms with Crippen molar-refractivity contribution < 1.29 is 19.2 Å². The van der Waals surface area contributed by atoms with Crippen molar-refractivity contribution in [2.75, 3.05) is 26.2 Å². The van der Waals surface area contributed by atoms with E-state index in [1.54, 1.807) is 4.90 Å². The summed E-state index contributed by atoms with van der Waals surface area (Å²) in [6, 6.07) is 26.9. The number of nitrogens with one attached hydrogen (secondary N) is 5. The minimum atomic E-state index is -0.774. The van der Waals surface area contributed by atoms with Crippen LogP contribution in [0, 0.1) is 0 Å². The highest BCUT2D eigenvalue weighted by molar-refractivity contribution is 5.89. The molecule has 0 radical (unpaired) electrons. The van der Waals surface area contributed by atoms with Crippen LogP contribution in [0.15, 0.2) is 91.0 Å². The Hall–Kier alpha value is -4.74. The van der Waals surface area contributed by atoms with E-state index >= 15 is 0 Å². The van der Waals surface area contributed by atoms with Crippen molar-refractivity contribution in [3.05, 3.63) is 108 Å². The number of urea groups is 1. The Balaban J connectivity index is 1.43. The maximum absolute atomic E-state index is 13.4. The number of amides is 5. The average Bonchev–Trinajstić information content (AvgIpc) is 3.06. The summed E-state index contributed by atoms with van der Waals surface area (Å²) in [7, 11) is 0. The molecule has 1 aliphatic heterocycles. The fraction of sp³-hybridized carbons (Fsp3) is 0.353. The molecule has 0 saturated carbocycles. The predicted molar refractivity (Wildman–Crippen MR) is 173 cm³/mol. The second kappa shape index (κ2) is 17.5. The minimum Gasteiger partial charge on any atom is -0.353 e. The average molecular weight is 614 g/mol. The lowest BCUT2D eigenvalue weighted by Gasteiger charge is -2.40. The molecule has 11 heteroatoms. The van der Waals surface area contributed by atoms with E-state index in [1.807, 2.05) is 91.0 Å². The van der Waals surface area contributed by atoms with E-state index in [0.717, 1.165) is 16.7 Å². The van der Waals surface area contributed by atoms with Gasteiger partial charge in [0.25, 0.3) is 0 Å². The first-order valence-electron chi connectivity index (χ1n) is 15.3. The number of carbonyl (C=O) groups is 4. The van der Waals surface area contributed by atoms with Gasteiger partial charge in [0.15, 0.2) is 0 Å². The van der Waals surface area contributed by atoms with Gasteiger partial charge in [-0.1, -0.05) is 91.0 Å². The molecule has 4 rings (SSSR count). The molecule has 1 heterocycles. The third-order valence-electron chi connectivity index (χ3n) is 7.70. The fourth-order valence-corrected chi connectivity index (χ4v) is 5.35. The third kappa shape index (κ3) is 11.0. The van der Waals surface area contributed by atoms with Crippen LogP contribution in [-0.4, -0.2) is 73.0 Å². The molecule has 5 amide bonds. The minimum absolute atomic E-state index is 0.0235. The van der Waals surface area contributed by atoms with Gasteiger partial charge in [0.2, 0.25) is 17.7 Å². The summed E-state index contributed by atoms with van der Waals surface area (Å²) in [5.74, 6) is -0.905. The van der Waals surface area contributed by atoms with Gasteiger partial charge in [-0.2, -0.15) is 0 Å². The summed E-state index contributed by atoms with van der Waals surface area (Å²) in [6.07, 6.45) is 1.42. The van der Waals surface area contributed by atoms with Crippen molar-refractivity contribution >= 4 is 23.8 Å². The normalized spacial score (nSPS) is 16.1. The Morgan fingerprint density at radius 1 is 0.822 bits per heavy atom. The van der Waals surface area contributed by atoms with Crippen molar-refractivity contribution in [3.8, 4) is 0 Å². The topological polar surface area (TPSA) is 158 Å². The van der Waals surface area contributed by atoms with Crippen LogP contribution < -0.4 is 32.3 Å². The van der Waals surface area contributed by atoms with Crippen molar-refractivity contribution in [1.82, 2.24) is 31.5 Å². The Morgan fingerprint density at radius 3 is 2.00 bits per heavy atom. The molecular weight excluding hydrogens is 570 g/mol. The Labute approximate surface area is 264 Å². The second-order valence-electron chi connectivity index (χ2n) is 11.1. The van der Waals surface area contributed by atoms with Crippen molar-refractivity contribution in [2.24, 2.45) is 5.73 Å². The van der Waals surface area contributed by atoms with Crippen molar-refractivity contribution in [1.29, 1.82) is 0 Å². The number of carbonyl (C=O) groups excluding carboxylic acids is 4. The summed E-state index contributed by atoms with van der Waals surface area (Å²) in [5.41, 5.74) is 8.62. The van der Waals surface area contributed by atoms with Gasteiger partial charge in [0, 0.05) is 25.7 Å². The van der Waals surface area contributed by atoms with E-state index in [4.69, 9.17) is 5.73 Å². The molecule has 3 aromatic carbocycles. The molecule has 45 heavy (non-hydrogen) atoms. The van der Waals surface area contributed by atoms with Crippen LogP contribution in [0.3, 0.4) is 0 Å². The van der Waals surface area contributed by atoms with E-state index in [-0.39, 0.29) is 43.5 Å². The van der Waals surface area contributed by atoms with E-state index in [9.17, 15) is 19.2 Å². The SMILES string of the molecule is NCCC[C@H](NC(=O)CN1CC(=O)NC[C@H]1[C@H](Cc1ccccc1)NC(=O)NCc1ccccc1)C(=O)NCc1ccccc1. The molecule has 3 atom stereocenters. The molecule has 0 unspecified atom stereocenters. The molecule has 3 aromatic rings. The molecule has 0 aromatic heterocycles. The lowest BCUT2D eigenvalue weighted by molar-refractivity contribution is -0.132. The maximum Gasteiger partial charge on any atom is 0.315 e. The van der Waals surface area contributed by atoms with Crippen molar-refractivity contribution in [2.45, 2.75) is 50.5 Å². The number of piperazine rings is 1. The van der Waals surface area contributed by atoms with Crippen LogP contribution in [0.4, 0.5) is 4.79 Å². The number of benzene rings is 3. The van der Waals surface area contributed by atoms with Gasteiger partial charge in [0.1, 0.15) is 6.04 Å². The maximum atomic E-state index is 13.4. The summed E-state index contributed by atoms with van der Waals surface area (Å²) in [4.78, 5) is 53.8. The fourth-order valence-electron chi connectivity index (χ4n) is 5.35. The van der Waals surface area contributed by atoms with E-state index in [0.29, 0.717) is 38.9 Å². The Morgan fingerprint density at radius 2 is 1.40 bits per heavy atom. The number of hydrogen-bond donors (Lipinski definition) is 6. The highest BCUT2D eigenvalue weighted by atomic mass is 16.2. The van der Waals surface area contributed by atoms with Gasteiger partial charge in [-0.05, 0) is 42.5 Å². The van der Waals surface area contributed by atoms with Gasteiger partial charge < -0.3 is 32.3 Å². The lowest BCUT2D eigenvalue weighted by atomic mass is 9.96. The molecule has 0 spiro atoms. The van der Waals surface area contributed by atoms with Crippen LogP contribution in [-0.2, 0) is 33.9 Å². The molecule has 0 bridgehead atoms. The molecule has 0 aliphatic carbocycles. The second-order valence-corrected chi connectivity index (χ2v) is 11.1. The van der Waals surface area contributed by atoms with Crippen LogP contribution in [0.1, 0.15) is 29.5 Å². The first kappa shape index (κ1) is 33.2. The zero-order chi connectivity index (χ0) is 31.9. The first-order valence-corrected chi connectivity index (χ1v) is 15.3. The van der Waals surface area contributed by atoms with E-state index in [2.05, 4.69) is 26.6 Å². The van der Waals surface area contributed by atoms with Gasteiger partial charge in [-0.25, -0.2) is 4.79 Å². The summed E-state index contributed by atoms with van der Waals surface area (Å²) < 4.78 is 0. The molecule has 1 fully saturated rings. The molecular formula is C34H43N7O4. The molecule has 1 saturated heterocycles. The smallest absolute Gasteiger partial charge is 0.315 e. The highest BCUT2D eigenvalue weighted by Crippen LogP contribution is 2.14. The van der Waals surface area contributed by atoms with Gasteiger partial charge >= 0.3 is 6.03 Å². The first-order chi connectivity index (χ1) is 21.9. The summed E-state index contributed by atoms with van der Waals surface area (Å²) >= 11 is 0. The lowest BCUT2D eigenvalue weighted by Crippen LogP contribution is -2.65. The molecule has 7 N–H and O–H groups in total. The monoisotopic (exact) mass is 613 g/mol. The predicted octanol–water partition coefficient (Wildman–Crippen LogP) is 1.44.